The molecule has 1 unspecified atom stereocenters. The third-order valence-electron chi connectivity index (χ3n) is 13.5. The topological polar surface area (TPSA) is 78.9 Å². The van der Waals surface area contributed by atoms with Crippen LogP contribution in [0.25, 0.3) is 0 Å². The first-order valence-corrected chi connectivity index (χ1v) is 31.9. The molecule has 1 atom stereocenters. The molecule has 0 fully saturated rings. The predicted molar refractivity (Wildman–Crippen MR) is 330 cm³/mol. The predicted octanol–water partition coefficient (Wildman–Crippen LogP) is 21.8. The second-order valence-electron chi connectivity index (χ2n) is 20.9. The van der Waals surface area contributed by atoms with Gasteiger partial charge in [0.1, 0.15) is 13.2 Å². The minimum Gasteiger partial charge on any atom is -0.462 e. The first-order valence-electron chi connectivity index (χ1n) is 31.9. The van der Waals surface area contributed by atoms with Crippen molar-refractivity contribution in [3.63, 3.8) is 0 Å². The van der Waals surface area contributed by atoms with Crippen molar-refractivity contribution in [2.75, 3.05) is 13.2 Å². The monoisotopic (exact) mass is 1050 g/mol. The quantitative estimate of drug-likeness (QED) is 0.0261. The molecule has 434 valence electrons. The Morgan fingerprint density at radius 1 is 0.276 bits per heavy atom. The molecule has 0 aliphatic carbocycles. The van der Waals surface area contributed by atoms with Crippen molar-refractivity contribution in [1.82, 2.24) is 0 Å². The molecule has 0 spiro atoms. The van der Waals surface area contributed by atoms with E-state index in [0.717, 1.165) is 96.3 Å². The fourth-order valence-corrected chi connectivity index (χ4v) is 8.84. The van der Waals surface area contributed by atoms with Gasteiger partial charge in [-0.15, -0.1) is 0 Å². The number of ether oxygens (including phenoxy) is 3. The van der Waals surface area contributed by atoms with Crippen LogP contribution in [0.1, 0.15) is 297 Å². The average molecular weight is 1060 g/mol. The van der Waals surface area contributed by atoms with Crippen LogP contribution < -0.4 is 0 Å². The molecule has 76 heavy (non-hydrogen) atoms. The third-order valence-corrected chi connectivity index (χ3v) is 13.5. The molecule has 0 aliphatic rings. The summed E-state index contributed by atoms with van der Waals surface area (Å²) in [4.78, 5) is 38.2. The van der Waals surface area contributed by atoms with Crippen LogP contribution in [0.3, 0.4) is 0 Å². The minimum atomic E-state index is -0.808. The van der Waals surface area contributed by atoms with Crippen LogP contribution in [0.4, 0.5) is 0 Å². The molecule has 0 aromatic heterocycles. The maximum Gasteiger partial charge on any atom is 0.306 e. The summed E-state index contributed by atoms with van der Waals surface area (Å²) in [5.74, 6) is -0.978. The number of rotatable bonds is 57. The Hall–Kier alpha value is -3.93. The SMILES string of the molecule is CC/C=C\C/C=C\C/C=C\C/C=C\C/C=C\CCCCCCCCCCCCCC(=O)OCC(COC(=O)CC/C=C\C/C=C\C/C=C\C/C=C\CC)OC(=O)CCCCCCCCCCCCCCCCCCCC. The van der Waals surface area contributed by atoms with Crippen LogP contribution >= 0.6 is 0 Å². The Morgan fingerprint density at radius 2 is 0.539 bits per heavy atom. The number of carbonyl (C=O) groups excluding carboxylic acids is 3. The lowest BCUT2D eigenvalue weighted by atomic mass is 10.0. The second kappa shape index (κ2) is 63.6. The molecule has 0 rings (SSSR count). The fraction of sp³-hybridized carbons (Fsp3) is 0.700. The lowest BCUT2D eigenvalue weighted by Crippen LogP contribution is -2.30. The Morgan fingerprint density at radius 3 is 0.882 bits per heavy atom. The Bertz CT molecular complexity index is 1540. The number of allylic oxidation sites excluding steroid dienone is 18. The summed E-state index contributed by atoms with van der Waals surface area (Å²) in [6, 6.07) is 0. The van der Waals surface area contributed by atoms with E-state index in [2.05, 4.69) is 124 Å². The summed E-state index contributed by atoms with van der Waals surface area (Å²) < 4.78 is 16.8. The summed E-state index contributed by atoms with van der Waals surface area (Å²) in [5.41, 5.74) is 0. The Labute approximate surface area is 470 Å². The van der Waals surface area contributed by atoms with E-state index in [-0.39, 0.29) is 37.5 Å². The molecule has 0 aromatic carbocycles. The molecule has 0 saturated carbocycles. The van der Waals surface area contributed by atoms with Crippen LogP contribution in [-0.4, -0.2) is 37.2 Å². The molecular weight excluding hydrogens is 937 g/mol. The van der Waals surface area contributed by atoms with Gasteiger partial charge in [0, 0.05) is 19.3 Å². The van der Waals surface area contributed by atoms with Crippen molar-refractivity contribution in [3.8, 4) is 0 Å². The minimum absolute atomic E-state index is 0.1000. The van der Waals surface area contributed by atoms with Gasteiger partial charge in [-0.3, -0.25) is 14.4 Å². The largest absolute Gasteiger partial charge is 0.462 e. The highest BCUT2D eigenvalue weighted by Crippen LogP contribution is 2.17. The highest BCUT2D eigenvalue weighted by atomic mass is 16.6. The number of hydrogen-bond acceptors (Lipinski definition) is 6. The molecule has 0 bridgehead atoms. The number of unbranched alkanes of at least 4 members (excludes halogenated alkanes) is 28. The molecule has 6 nitrogen and oxygen atoms in total. The maximum absolute atomic E-state index is 12.9. The van der Waals surface area contributed by atoms with Gasteiger partial charge >= 0.3 is 17.9 Å². The van der Waals surface area contributed by atoms with E-state index in [1.165, 1.54) is 154 Å². The molecule has 0 amide bonds. The molecule has 0 heterocycles. The summed E-state index contributed by atoms with van der Waals surface area (Å²) in [6.45, 7) is 6.37. The summed E-state index contributed by atoms with van der Waals surface area (Å²) in [6.07, 6.45) is 86.9. The third kappa shape index (κ3) is 60.9. The smallest absolute Gasteiger partial charge is 0.306 e. The van der Waals surface area contributed by atoms with Crippen LogP contribution in [0.2, 0.25) is 0 Å². The Balaban J connectivity index is 4.33. The first-order chi connectivity index (χ1) is 37.5. The van der Waals surface area contributed by atoms with E-state index in [0.29, 0.717) is 19.3 Å². The van der Waals surface area contributed by atoms with Crippen molar-refractivity contribution in [3.05, 3.63) is 109 Å². The molecule has 0 saturated heterocycles. The lowest BCUT2D eigenvalue weighted by molar-refractivity contribution is -0.166. The highest BCUT2D eigenvalue weighted by Gasteiger charge is 2.19. The zero-order chi connectivity index (χ0) is 55.0. The van der Waals surface area contributed by atoms with Gasteiger partial charge in [-0.2, -0.15) is 0 Å². The molecule has 0 aliphatic heterocycles. The number of esters is 3. The standard InChI is InChI=1S/C70H118O6/c1-4-7-10-13-16-19-22-25-27-29-31-32-33-34-35-36-37-38-39-41-42-45-48-51-54-57-60-63-69(72)75-66-67(65-74-68(71)62-59-56-53-50-47-44-24-21-18-15-12-9-6-3)76-70(73)64-61-58-55-52-49-46-43-40-30-28-26-23-20-17-14-11-8-5-2/h7,9-10,12,16,18-19,21,25,27,31-32,34-35,44,47,53,56,67H,4-6,8,11,13-15,17,20,22-24,26,28-30,33,36-43,45-46,48-52,54-55,57-66H2,1-3H3/b10-7-,12-9-,19-16-,21-18-,27-25-,32-31-,35-34-,47-44-,56-53-. The fourth-order valence-electron chi connectivity index (χ4n) is 8.84. The van der Waals surface area contributed by atoms with Gasteiger partial charge in [0.25, 0.3) is 0 Å². The van der Waals surface area contributed by atoms with Gasteiger partial charge in [0.05, 0.1) is 0 Å². The normalized spacial score (nSPS) is 12.8. The van der Waals surface area contributed by atoms with Crippen molar-refractivity contribution in [2.24, 2.45) is 0 Å². The zero-order valence-corrected chi connectivity index (χ0v) is 49.7. The summed E-state index contributed by atoms with van der Waals surface area (Å²) >= 11 is 0. The lowest BCUT2D eigenvalue weighted by Gasteiger charge is -2.18. The van der Waals surface area contributed by atoms with Crippen molar-refractivity contribution < 1.29 is 28.6 Å². The Kier molecular flexibility index (Phi) is 60.3. The van der Waals surface area contributed by atoms with Gasteiger partial charge < -0.3 is 14.2 Å². The van der Waals surface area contributed by atoms with Crippen LogP contribution in [0, 0.1) is 0 Å². The van der Waals surface area contributed by atoms with E-state index in [1.807, 2.05) is 6.08 Å². The maximum atomic E-state index is 12.9. The summed E-state index contributed by atoms with van der Waals surface area (Å²) in [5, 5.41) is 0. The van der Waals surface area contributed by atoms with Gasteiger partial charge in [-0.05, 0) is 89.9 Å². The second-order valence-corrected chi connectivity index (χ2v) is 20.9. The molecule has 0 radical (unpaired) electrons. The van der Waals surface area contributed by atoms with Gasteiger partial charge in [-0.25, -0.2) is 0 Å². The van der Waals surface area contributed by atoms with Gasteiger partial charge in [0.2, 0.25) is 0 Å². The zero-order valence-electron chi connectivity index (χ0n) is 49.7. The average Bonchev–Trinajstić information content (AvgIpc) is 3.42. The van der Waals surface area contributed by atoms with Crippen LogP contribution in [0.5, 0.6) is 0 Å². The summed E-state index contributed by atoms with van der Waals surface area (Å²) in [7, 11) is 0. The van der Waals surface area contributed by atoms with E-state index in [9.17, 15) is 14.4 Å². The number of carbonyl (C=O) groups is 3. The van der Waals surface area contributed by atoms with E-state index < -0.39 is 6.10 Å². The van der Waals surface area contributed by atoms with Gasteiger partial charge in [0.15, 0.2) is 6.10 Å². The van der Waals surface area contributed by atoms with E-state index in [4.69, 9.17) is 14.2 Å². The highest BCUT2D eigenvalue weighted by molar-refractivity contribution is 5.71. The molecule has 0 N–H and O–H groups in total. The molecule has 6 heteroatoms. The van der Waals surface area contributed by atoms with E-state index >= 15 is 0 Å². The van der Waals surface area contributed by atoms with Crippen molar-refractivity contribution in [2.45, 2.75) is 303 Å². The van der Waals surface area contributed by atoms with Crippen molar-refractivity contribution in [1.29, 1.82) is 0 Å². The van der Waals surface area contributed by atoms with Crippen LogP contribution in [-0.2, 0) is 28.6 Å². The first kappa shape index (κ1) is 72.1. The van der Waals surface area contributed by atoms with E-state index in [1.54, 1.807) is 0 Å². The van der Waals surface area contributed by atoms with Crippen molar-refractivity contribution >= 4 is 17.9 Å². The number of hydrogen-bond donors (Lipinski definition) is 0. The molecular formula is C70H118O6. The molecule has 0 aromatic rings. The van der Waals surface area contributed by atoms with Gasteiger partial charge in [-0.1, -0.05) is 297 Å². The van der Waals surface area contributed by atoms with Crippen LogP contribution in [0.15, 0.2) is 109 Å².